The lowest BCUT2D eigenvalue weighted by atomic mass is 10.0. The van der Waals surface area contributed by atoms with Crippen molar-refractivity contribution in [2.45, 2.75) is 38.8 Å². The largest absolute Gasteiger partial charge is 0.391 e. The second-order valence-electron chi connectivity index (χ2n) is 6.96. The molecule has 2 atom stereocenters. The van der Waals surface area contributed by atoms with Gasteiger partial charge in [-0.3, -0.25) is 4.90 Å². The summed E-state index contributed by atoms with van der Waals surface area (Å²) in [4.78, 5) is 10.6. The summed E-state index contributed by atoms with van der Waals surface area (Å²) in [5.74, 6) is 1.08. The van der Waals surface area contributed by atoms with E-state index in [4.69, 9.17) is 4.52 Å². The number of nitrogens with zero attached hydrogens (tertiary/aromatic N) is 4. The van der Waals surface area contributed by atoms with E-state index in [9.17, 15) is 5.11 Å². The Morgan fingerprint density at radius 2 is 2.17 bits per heavy atom. The maximum absolute atomic E-state index is 10.4. The molecule has 0 aromatic carbocycles. The minimum atomic E-state index is -0.304. The lowest BCUT2D eigenvalue weighted by Gasteiger charge is -2.14. The summed E-state index contributed by atoms with van der Waals surface area (Å²) in [6.45, 7) is 6.66. The number of aliphatic hydroxyl groups excluding tert-OH is 1. The van der Waals surface area contributed by atoms with Gasteiger partial charge in [-0.25, -0.2) is 4.98 Å². The van der Waals surface area contributed by atoms with Crippen LogP contribution in [0.2, 0.25) is 0 Å². The molecule has 1 N–H and O–H groups in total. The average molecular weight is 348 g/mol. The summed E-state index contributed by atoms with van der Waals surface area (Å²) in [7, 11) is 0. The zero-order valence-electron chi connectivity index (χ0n) is 14.0. The zero-order valence-corrected chi connectivity index (χ0v) is 14.8. The number of β-amino-alcohol motifs (C(OH)–C–C–N with tert-alkyl or cyclic N) is 1. The highest BCUT2D eigenvalue weighted by Gasteiger charge is 2.32. The maximum Gasteiger partial charge on any atom is 0.185 e. The molecule has 2 aromatic heterocycles. The van der Waals surface area contributed by atoms with E-state index in [1.54, 1.807) is 11.3 Å². The summed E-state index contributed by atoms with van der Waals surface area (Å²) < 4.78 is 5.30. The predicted octanol–water partition coefficient (Wildman–Crippen LogP) is 2.08. The molecule has 4 heterocycles. The minimum absolute atomic E-state index is 0.211. The van der Waals surface area contributed by atoms with E-state index in [0.717, 1.165) is 49.2 Å². The molecule has 6 nitrogen and oxygen atoms in total. The third kappa shape index (κ3) is 3.48. The van der Waals surface area contributed by atoms with Crippen molar-refractivity contribution in [1.82, 2.24) is 15.0 Å². The Morgan fingerprint density at radius 3 is 2.92 bits per heavy atom. The number of anilines is 1. The summed E-state index contributed by atoms with van der Waals surface area (Å²) >= 11 is 1.79. The van der Waals surface area contributed by atoms with Crippen LogP contribution in [0.4, 0.5) is 5.13 Å². The van der Waals surface area contributed by atoms with E-state index in [1.165, 1.54) is 17.7 Å². The molecule has 2 saturated heterocycles. The van der Waals surface area contributed by atoms with Crippen LogP contribution in [0.5, 0.6) is 0 Å². The Kier molecular flexibility index (Phi) is 4.56. The second-order valence-corrected chi connectivity index (χ2v) is 8.06. The van der Waals surface area contributed by atoms with Crippen LogP contribution in [0.15, 0.2) is 16.8 Å². The Hall–Kier alpha value is -1.44. The molecule has 0 bridgehead atoms. The first-order valence-electron chi connectivity index (χ1n) is 8.69. The first-order valence-corrected chi connectivity index (χ1v) is 9.51. The highest BCUT2D eigenvalue weighted by Crippen LogP contribution is 2.29. The van der Waals surface area contributed by atoms with Crippen molar-refractivity contribution < 1.29 is 9.63 Å². The zero-order chi connectivity index (χ0) is 16.5. The molecule has 130 valence electrons. The molecule has 0 aliphatic carbocycles. The molecular formula is C17H24N4O2S. The van der Waals surface area contributed by atoms with Gasteiger partial charge in [0.1, 0.15) is 5.76 Å². The Balaban J connectivity index is 1.34. The molecule has 2 aliphatic heterocycles. The highest BCUT2D eigenvalue weighted by atomic mass is 32.1. The molecule has 2 aliphatic rings. The number of hydrogen-bond acceptors (Lipinski definition) is 7. The summed E-state index contributed by atoms with van der Waals surface area (Å²) in [6, 6.07) is 1.96. The molecule has 0 radical (unpaired) electrons. The lowest BCUT2D eigenvalue weighted by Crippen LogP contribution is -2.20. The van der Waals surface area contributed by atoms with Gasteiger partial charge in [-0.05, 0) is 19.8 Å². The van der Waals surface area contributed by atoms with Gasteiger partial charge in [-0.2, -0.15) is 0 Å². The number of likely N-dealkylation sites (tertiary alicyclic amines) is 1. The fourth-order valence-corrected chi connectivity index (χ4v) is 4.69. The molecule has 2 fully saturated rings. The molecule has 7 heteroatoms. The van der Waals surface area contributed by atoms with Gasteiger partial charge in [0.2, 0.25) is 0 Å². The van der Waals surface area contributed by atoms with Gasteiger partial charge in [0.15, 0.2) is 5.13 Å². The first-order chi connectivity index (χ1) is 11.7. The maximum atomic E-state index is 10.4. The second kappa shape index (κ2) is 6.82. The predicted molar refractivity (Wildman–Crippen MR) is 93.3 cm³/mol. The van der Waals surface area contributed by atoms with Crippen LogP contribution in [0, 0.1) is 12.8 Å². The number of rotatable bonds is 5. The molecule has 4 rings (SSSR count). The van der Waals surface area contributed by atoms with Crippen LogP contribution in [0.1, 0.15) is 29.2 Å². The minimum Gasteiger partial charge on any atom is -0.391 e. The normalized spacial score (nSPS) is 25.0. The fourth-order valence-electron chi connectivity index (χ4n) is 3.69. The topological polar surface area (TPSA) is 65.6 Å². The van der Waals surface area contributed by atoms with Crippen LogP contribution in [-0.4, -0.2) is 52.4 Å². The van der Waals surface area contributed by atoms with E-state index in [-0.39, 0.29) is 12.0 Å². The third-order valence-electron chi connectivity index (χ3n) is 4.92. The monoisotopic (exact) mass is 348 g/mol. The highest BCUT2D eigenvalue weighted by molar-refractivity contribution is 7.15. The van der Waals surface area contributed by atoms with Gasteiger partial charge in [0.25, 0.3) is 0 Å². The molecule has 0 spiro atoms. The van der Waals surface area contributed by atoms with Gasteiger partial charge in [-0.15, -0.1) is 11.3 Å². The average Bonchev–Trinajstić information content (AvgIpc) is 3.29. The number of hydrogen-bond donors (Lipinski definition) is 1. The van der Waals surface area contributed by atoms with Gasteiger partial charge < -0.3 is 14.5 Å². The first kappa shape index (κ1) is 16.1. The molecule has 24 heavy (non-hydrogen) atoms. The molecular weight excluding hydrogens is 324 g/mol. The number of thiazole rings is 1. The Labute approximate surface area is 146 Å². The van der Waals surface area contributed by atoms with Gasteiger partial charge in [-0.1, -0.05) is 5.16 Å². The van der Waals surface area contributed by atoms with Crippen molar-refractivity contribution in [3.8, 4) is 0 Å². The Morgan fingerprint density at radius 1 is 1.33 bits per heavy atom. The Bertz CT molecular complexity index is 680. The van der Waals surface area contributed by atoms with Crippen molar-refractivity contribution in [3.63, 3.8) is 0 Å². The van der Waals surface area contributed by atoms with Crippen LogP contribution >= 0.6 is 11.3 Å². The van der Waals surface area contributed by atoms with Crippen molar-refractivity contribution >= 4 is 16.5 Å². The summed E-state index contributed by atoms with van der Waals surface area (Å²) in [5, 5.41) is 15.4. The molecule has 0 saturated carbocycles. The SMILES string of the molecule is Cc1cc(C[C@@H]2CN(Cc3cnc(N4CCCC4)s3)C[C@H]2O)on1. The van der Waals surface area contributed by atoms with Gasteiger partial charge in [0, 0.05) is 62.2 Å². The molecule has 2 aromatic rings. The van der Waals surface area contributed by atoms with Crippen molar-refractivity contribution in [2.24, 2.45) is 5.92 Å². The van der Waals surface area contributed by atoms with E-state index in [0.29, 0.717) is 6.54 Å². The smallest absolute Gasteiger partial charge is 0.185 e. The summed E-state index contributed by atoms with van der Waals surface area (Å²) in [6.07, 6.45) is 4.99. The third-order valence-corrected chi connectivity index (χ3v) is 5.96. The van der Waals surface area contributed by atoms with E-state index < -0.39 is 0 Å². The lowest BCUT2D eigenvalue weighted by molar-refractivity contribution is 0.137. The fraction of sp³-hybridized carbons (Fsp3) is 0.647. The van der Waals surface area contributed by atoms with Gasteiger partial charge >= 0.3 is 0 Å². The van der Waals surface area contributed by atoms with Crippen molar-refractivity contribution in [3.05, 3.63) is 28.6 Å². The van der Waals surface area contributed by atoms with Crippen LogP contribution in [-0.2, 0) is 13.0 Å². The number of aryl methyl sites for hydroxylation is 1. The van der Waals surface area contributed by atoms with Crippen LogP contribution in [0.3, 0.4) is 0 Å². The van der Waals surface area contributed by atoms with Crippen LogP contribution in [0.25, 0.3) is 0 Å². The van der Waals surface area contributed by atoms with E-state index >= 15 is 0 Å². The number of aromatic nitrogens is 2. The van der Waals surface area contributed by atoms with Crippen LogP contribution < -0.4 is 4.90 Å². The van der Waals surface area contributed by atoms with E-state index in [1.807, 2.05) is 19.2 Å². The van der Waals surface area contributed by atoms with Gasteiger partial charge in [0.05, 0.1) is 11.8 Å². The quantitative estimate of drug-likeness (QED) is 0.892. The number of aliphatic hydroxyl groups is 1. The molecule has 0 amide bonds. The molecule has 0 unspecified atom stereocenters. The van der Waals surface area contributed by atoms with Crippen molar-refractivity contribution in [1.29, 1.82) is 0 Å². The van der Waals surface area contributed by atoms with E-state index in [2.05, 4.69) is 19.9 Å². The summed E-state index contributed by atoms with van der Waals surface area (Å²) in [5.41, 5.74) is 0.897. The standard InChI is InChI=1S/C17H24N4O2S/c1-12-6-14(23-19-12)7-13-9-20(11-16(13)22)10-15-8-18-17(24-15)21-4-2-3-5-21/h6,8,13,16,22H,2-5,7,9-11H2,1H3/t13-,16-/m1/s1. The van der Waals surface area contributed by atoms with Crippen molar-refractivity contribution in [2.75, 3.05) is 31.1 Å².